The van der Waals surface area contributed by atoms with Gasteiger partial charge >= 0.3 is 0 Å². The van der Waals surface area contributed by atoms with E-state index in [2.05, 4.69) is 28.7 Å². The van der Waals surface area contributed by atoms with Crippen molar-refractivity contribution in [2.75, 3.05) is 18.0 Å². The first-order chi connectivity index (χ1) is 8.31. The van der Waals surface area contributed by atoms with Crippen molar-refractivity contribution in [2.24, 2.45) is 0 Å². The third kappa shape index (κ3) is 4.90. The van der Waals surface area contributed by atoms with Crippen molar-refractivity contribution in [3.05, 3.63) is 18.1 Å². The Balaban J connectivity index is 2.71. The SMILES string of the molecule is CCCCN(CCCC)c1cncc(CCl)n1. The van der Waals surface area contributed by atoms with Crippen LogP contribution in [-0.2, 0) is 5.88 Å². The molecule has 0 amide bonds. The van der Waals surface area contributed by atoms with E-state index in [1.807, 2.05) is 6.20 Å². The first-order valence-corrected chi connectivity index (χ1v) is 6.97. The molecule has 1 aromatic heterocycles. The maximum absolute atomic E-state index is 5.79. The number of rotatable bonds is 8. The van der Waals surface area contributed by atoms with Gasteiger partial charge < -0.3 is 4.90 Å². The van der Waals surface area contributed by atoms with Crippen LogP contribution in [-0.4, -0.2) is 23.1 Å². The third-order valence-electron chi connectivity index (χ3n) is 2.70. The molecule has 0 aliphatic rings. The Morgan fingerprint density at radius 2 is 1.76 bits per heavy atom. The van der Waals surface area contributed by atoms with Crippen LogP contribution in [0.25, 0.3) is 0 Å². The van der Waals surface area contributed by atoms with Crippen LogP contribution in [0.15, 0.2) is 12.4 Å². The van der Waals surface area contributed by atoms with Crippen LogP contribution in [0.4, 0.5) is 5.82 Å². The van der Waals surface area contributed by atoms with Crippen molar-refractivity contribution in [1.29, 1.82) is 0 Å². The summed E-state index contributed by atoms with van der Waals surface area (Å²) < 4.78 is 0. The van der Waals surface area contributed by atoms with Gasteiger partial charge in [0.1, 0.15) is 5.82 Å². The van der Waals surface area contributed by atoms with E-state index >= 15 is 0 Å². The zero-order valence-corrected chi connectivity index (χ0v) is 11.6. The van der Waals surface area contributed by atoms with Crippen molar-refractivity contribution in [3.8, 4) is 0 Å². The summed E-state index contributed by atoms with van der Waals surface area (Å²) >= 11 is 5.79. The minimum atomic E-state index is 0.427. The van der Waals surface area contributed by atoms with Crippen LogP contribution in [0.3, 0.4) is 0 Å². The number of hydrogen-bond donors (Lipinski definition) is 0. The largest absolute Gasteiger partial charge is 0.355 e. The van der Waals surface area contributed by atoms with Crippen LogP contribution in [0.1, 0.15) is 45.2 Å². The molecule has 0 N–H and O–H groups in total. The van der Waals surface area contributed by atoms with Gasteiger partial charge in [-0.2, -0.15) is 0 Å². The summed E-state index contributed by atoms with van der Waals surface area (Å²) in [4.78, 5) is 11.0. The minimum Gasteiger partial charge on any atom is -0.355 e. The van der Waals surface area contributed by atoms with Gasteiger partial charge in [-0.15, -0.1) is 11.6 Å². The molecule has 0 saturated heterocycles. The molecule has 0 spiro atoms. The predicted molar refractivity (Wildman–Crippen MR) is 73.6 cm³/mol. The van der Waals surface area contributed by atoms with Gasteiger partial charge in [0.2, 0.25) is 0 Å². The second-order valence-electron chi connectivity index (χ2n) is 4.20. The lowest BCUT2D eigenvalue weighted by Gasteiger charge is -2.23. The van der Waals surface area contributed by atoms with E-state index in [-0.39, 0.29) is 0 Å². The van der Waals surface area contributed by atoms with Crippen molar-refractivity contribution >= 4 is 17.4 Å². The molecule has 0 aromatic carbocycles. The zero-order chi connectivity index (χ0) is 12.5. The highest BCUT2D eigenvalue weighted by Crippen LogP contribution is 2.13. The summed E-state index contributed by atoms with van der Waals surface area (Å²) in [5.74, 6) is 1.39. The zero-order valence-electron chi connectivity index (χ0n) is 10.8. The number of nitrogens with zero attached hydrogens (tertiary/aromatic N) is 3. The second-order valence-corrected chi connectivity index (χ2v) is 4.46. The Morgan fingerprint density at radius 3 is 2.29 bits per heavy atom. The molecule has 0 unspecified atom stereocenters. The molecule has 0 fully saturated rings. The molecular formula is C13H22ClN3. The van der Waals surface area contributed by atoms with Gasteiger partial charge in [-0.1, -0.05) is 26.7 Å². The van der Waals surface area contributed by atoms with E-state index in [0.29, 0.717) is 5.88 Å². The molecule has 96 valence electrons. The van der Waals surface area contributed by atoms with Crippen LogP contribution in [0.2, 0.25) is 0 Å². The van der Waals surface area contributed by atoms with Gasteiger partial charge in [0.25, 0.3) is 0 Å². The van der Waals surface area contributed by atoms with E-state index < -0.39 is 0 Å². The van der Waals surface area contributed by atoms with Crippen molar-refractivity contribution in [3.63, 3.8) is 0 Å². The number of alkyl halides is 1. The molecule has 1 aromatic rings. The summed E-state index contributed by atoms with van der Waals surface area (Å²) in [5, 5.41) is 0. The van der Waals surface area contributed by atoms with Crippen molar-refractivity contribution in [1.82, 2.24) is 9.97 Å². The molecule has 1 heterocycles. The average molecular weight is 256 g/mol. The van der Waals surface area contributed by atoms with Crippen LogP contribution in [0, 0.1) is 0 Å². The van der Waals surface area contributed by atoms with Crippen LogP contribution in [0.5, 0.6) is 0 Å². The summed E-state index contributed by atoms with van der Waals surface area (Å²) in [6, 6.07) is 0. The molecule has 17 heavy (non-hydrogen) atoms. The minimum absolute atomic E-state index is 0.427. The number of aromatic nitrogens is 2. The quantitative estimate of drug-likeness (QED) is 0.665. The Kier molecular flexibility index (Phi) is 6.94. The maximum Gasteiger partial charge on any atom is 0.147 e. The van der Waals surface area contributed by atoms with Crippen molar-refractivity contribution < 1.29 is 0 Å². The molecule has 0 radical (unpaired) electrons. The van der Waals surface area contributed by atoms with Crippen LogP contribution >= 0.6 is 11.6 Å². The Hall–Kier alpha value is -0.830. The van der Waals surface area contributed by atoms with E-state index in [4.69, 9.17) is 11.6 Å². The summed E-state index contributed by atoms with van der Waals surface area (Å²) in [5.41, 5.74) is 0.849. The van der Waals surface area contributed by atoms with Gasteiger partial charge in [0.15, 0.2) is 0 Å². The monoisotopic (exact) mass is 255 g/mol. The van der Waals surface area contributed by atoms with E-state index in [1.54, 1.807) is 6.20 Å². The number of hydrogen-bond acceptors (Lipinski definition) is 3. The predicted octanol–water partition coefficient (Wildman–Crippen LogP) is 3.62. The second kappa shape index (κ2) is 8.29. The lowest BCUT2D eigenvalue weighted by atomic mass is 10.2. The molecule has 4 heteroatoms. The number of unbranched alkanes of at least 4 members (excludes halogenated alkanes) is 2. The standard InChI is InChI=1S/C13H22ClN3/c1-3-5-7-17(8-6-4-2)13-11-15-10-12(9-14)16-13/h10-11H,3-9H2,1-2H3. The molecule has 0 aliphatic heterocycles. The fourth-order valence-electron chi connectivity index (χ4n) is 1.65. The molecular weight excluding hydrogens is 234 g/mol. The molecule has 3 nitrogen and oxygen atoms in total. The highest BCUT2D eigenvalue weighted by atomic mass is 35.5. The van der Waals surface area contributed by atoms with E-state index in [9.17, 15) is 0 Å². The maximum atomic E-state index is 5.79. The van der Waals surface area contributed by atoms with Gasteiger partial charge in [-0.3, -0.25) is 4.98 Å². The molecule has 1 rings (SSSR count). The highest BCUT2D eigenvalue weighted by Gasteiger charge is 2.08. The van der Waals surface area contributed by atoms with Gasteiger partial charge in [0, 0.05) is 19.3 Å². The highest BCUT2D eigenvalue weighted by molar-refractivity contribution is 6.16. The molecule has 0 atom stereocenters. The smallest absolute Gasteiger partial charge is 0.147 e. The lowest BCUT2D eigenvalue weighted by molar-refractivity contribution is 0.669. The fraction of sp³-hybridized carbons (Fsp3) is 0.692. The average Bonchev–Trinajstić information content (AvgIpc) is 2.39. The van der Waals surface area contributed by atoms with Crippen molar-refractivity contribution in [2.45, 2.75) is 45.4 Å². The Labute approximate surface area is 109 Å². The van der Waals surface area contributed by atoms with Gasteiger partial charge in [0.05, 0.1) is 17.8 Å². The summed E-state index contributed by atoms with van der Waals surface area (Å²) in [7, 11) is 0. The lowest BCUT2D eigenvalue weighted by Crippen LogP contribution is -2.26. The molecule has 0 aliphatic carbocycles. The number of halogens is 1. The van der Waals surface area contributed by atoms with Crippen LogP contribution < -0.4 is 4.90 Å². The fourth-order valence-corrected chi connectivity index (χ4v) is 1.78. The van der Waals surface area contributed by atoms with E-state index in [0.717, 1.165) is 24.6 Å². The third-order valence-corrected chi connectivity index (χ3v) is 2.97. The summed E-state index contributed by atoms with van der Waals surface area (Å²) in [6.45, 7) is 6.52. The Morgan fingerprint density at radius 1 is 1.12 bits per heavy atom. The molecule has 0 bridgehead atoms. The number of anilines is 1. The summed E-state index contributed by atoms with van der Waals surface area (Å²) in [6.07, 6.45) is 8.35. The molecule has 0 saturated carbocycles. The Bertz CT molecular complexity index is 309. The normalized spacial score (nSPS) is 10.5. The first kappa shape index (κ1) is 14.2. The van der Waals surface area contributed by atoms with Gasteiger partial charge in [-0.05, 0) is 12.8 Å². The van der Waals surface area contributed by atoms with Gasteiger partial charge in [-0.25, -0.2) is 4.98 Å². The van der Waals surface area contributed by atoms with E-state index in [1.165, 1.54) is 25.7 Å². The first-order valence-electron chi connectivity index (χ1n) is 6.43. The topological polar surface area (TPSA) is 29.0 Å².